The zero-order valence-corrected chi connectivity index (χ0v) is 13.9. The summed E-state index contributed by atoms with van der Waals surface area (Å²) in [6.45, 7) is 4.53. The Kier molecular flexibility index (Phi) is 3.71. The fourth-order valence-electron chi connectivity index (χ4n) is 3.36. The molecule has 3 saturated carbocycles. The minimum Gasteiger partial charge on any atom is -0.367 e. The average Bonchev–Trinajstić information content (AvgIpc) is 3.38. The van der Waals surface area contributed by atoms with Crippen LogP contribution in [-0.4, -0.2) is 22.1 Å². The van der Waals surface area contributed by atoms with Gasteiger partial charge in [0.15, 0.2) is 0 Å². The van der Waals surface area contributed by atoms with Crippen LogP contribution in [0.25, 0.3) is 0 Å². The Morgan fingerprint density at radius 3 is 1.73 bits per heavy atom. The van der Waals surface area contributed by atoms with Gasteiger partial charge >= 0.3 is 0 Å². The lowest BCUT2D eigenvalue weighted by Crippen LogP contribution is -2.26. The zero-order valence-electron chi connectivity index (χ0n) is 13.9. The van der Waals surface area contributed by atoms with E-state index < -0.39 is 0 Å². The predicted octanol–water partition coefficient (Wildman–Crippen LogP) is 4.23. The van der Waals surface area contributed by atoms with E-state index in [9.17, 15) is 0 Å². The van der Waals surface area contributed by atoms with Gasteiger partial charge in [-0.15, -0.1) is 0 Å². The number of hydrogen-bond acceptors (Lipinski definition) is 4. The van der Waals surface area contributed by atoms with Crippen molar-refractivity contribution in [3.05, 3.63) is 11.4 Å². The Hall–Kier alpha value is -1.32. The van der Waals surface area contributed by atoms with E-state index in [-0.39, 0.29) is 0 Å². The highest BCUT2D eigenvalue weighted by Gasteiger charge is 2.30. The van der Waals surface area contributed by atoms with Gasteiger partial charge in [0.1, 0.15) is 17.5 Å². The highest BCUT2D eigenvalue weighted by atomic mass is 15.1. The van der Waals surface area contributed by atoms with Crippen molar-refractivity contribution < 1.29 is 0 Å². The molecule has 0 aromatic carbocycles. The molecular weight excluding hydrogens is 272 g/mol. The molecule has 4 rings (SSSR count). The van der Waals surface area contributed by atoms with E-state index in [4.69, 9.17) is 9.97 Å². The molecule has 22 heavy (non-hydrogen) atoms. The van der Waals surface area contributed by atoms with Crippen molar-refractivity contribution in [2.24, 2.45) is 5.92 Å². The average molecular weight is 300 g/mol. The van der Waals surface area contributed by atoms with Crippen molar-refractivity contribution in [2.45, 2.75) is 83.2 Å². The first-order valence-electron chi connectivity index (χ1n) is 9.10. The van der Waals surface area contributed by atoms with E-state index >= 15 is 0 Å². The number of nitrogens with zero attached hydrogens (tertiary/aromatic N) is 2. The normalized spacial score (nSPS) is 28.5. The van der Waals surface area contributed by atoms with Crippen molar-refractivity contribution in [3.63, 3.8) is 0 Å². The minimum atomic E-state index is 0.589. The largest absolute Gasteiger partial charge is 0.367 e. The number of aromatic nitrogens is 2. The zero-order chi connectivity index (χ0) is 15.1. The Morgan fingerprint density at radius 2 is 1.27 bits per heavy atom. The summed E-state index contributed by atoms with van der Waals surface area (Å²) in [7, 11) is 0. The molecule has 4 heteroatoms. The molecule has 2 N–H and O–H groups in total. The van der Waals surface area contributed by atoms with E-state index in [1.54, 1.807) is 0 Å². The summed E-state index contributed by atoms with van der Waals surface area (Å²) in [5.41, 5.74) is 1.20. The molecule has 0 amide bonds. The van der Waals surface area contributed by atoms with Crippen LogP contribution in [-0.2, 0) is 0 Å². The van der Waals surface area contributed by atoms with Crippen LogP contribution >= 0.6 is 0 Å². The van der Waals surface area contributed by atoms with Crippen LogP contribution in [0.1, 0.15) is 75.6 Å². The molecule has 0 radical (unpaired) electrons. The predicted molar refractivity (Wildman–Crippen MR) is 90.4 cm³/mol. The van der Waals surface area contributed by atoms with Gasteiger partial charge in [-0.25, -0.2) is 9.97 Å². The van der Waals surface area contributed by atoms with Crippen LogP contribution in [0.5, 0.6) is 0 Å². The molecule has 0 bridgehead atoms. The number of hydrogen-bond donors (Lipinski definition) is 2. The summed E-state index contributed by atoms with van der Waals surface area (Å²) in [6.07, 6.45) is 10.3. The Bertz CT molecular complexity index is 540. The first-order chi connectivity index (χ1) is 10.7. The van der Waals surface area contributed by atoms with Crippen molar-refractivity contribution in [1.82, 2.24) is 9.97 Å². The SMILES string of the molecule is Cc1c(NC2CCC(C)CC2)nc(C2CC2)nc1NC1CC1. The maximum atomic E-state index is 4.87. The number of rotatable bonds is 5. The molecule has 1 aromatic heterocycles. The number of nitrogens with one attached hydrogen (secondary N) is 2. The van der Waals surface area contributed by atoms with E-state index in [0.29, 0.717) is 18.0 Å². The third-order valence-electron chi connectivity index (χ3n) is 5.38. The summed E-state index contributed by atoms with van der Waals surface area (Å²) in [6, 6.07) is 1.23. The summed E-state index contributed by atoms with van der Waals surface area (Å²) < 4.78 is 0. The van der Waals surface area contributed by atoms with Crippen LogP contribution in [0, 0.1) is 12.8 Å². The van der Waals surface area contributed by atoms with Gasteiger partial charge < -0.3 is 10.6 Å². The van der Waals surface area contributed by atoms with Gasteiger partial charge in [-0.05, 0) is 64.2 Å². The third kappa shape index (κ3) is 3.21. The van der Waals surface area contributed by atoms with Crippen LogP contribution in [0.4, 0.5) is 11.6 Å². The first-order valence-corrected chi connectivity index (χ1v) is 9.10. The van der Waals surface area contributed by atoms with Gasteiger partial charge in [0.25, 0.3) is 0 Å². The molecule has 3 fully saturated rings. The van der Waals surface area contributed by atoms with Crippen molar-refractivity contribution >= 4 is 11.6 Å². The van der Waals surface area contributed by atoms with E-state index in [1.165, 1.54) is 56.9 Å². The molecule has 3 aliphatic rings. The van der Waals surface area contributed by atoms with E-state index in [1.807, 2.05) is 0 Å². The van der Waals surface area contributed by atoms with Gasteiger partial charge in [-0.3, -0.25) is 0 Å². The molecule has 0 spiro atoms. The van der Waals surface area contributed by atoms with Crippen LogP contribution in [0.3, 0.4) is 0 Å². The lowest BCUT2D eigenvalue weighted by Gasteiger charge is -2.28. The summed E-state index contributed by atoms with van der Waals surface area (Å²) in [4.78, 5) is 9.69. The highest BCUT2D eigenvalue weighted by molar-refractivity contribution is 5.58. The Labute approximate surface area is 133 Å². The molecular formula is C18H28N4. The summed E-state index contributed by atoms with van der Waals surface area (Å²) in [5, 5.41) is 7.34. The van der Waals surface area contributed by atoms with Gasteiger partial charge in [0.2, 0.25) is 0 Å². The van der Waals surface area contributed by atoms with Crippen molar-refractivity contribution in [1.29, 1.82) is 0 Å². The standard InChI is InChI=1S/C18H28N4/c1-11-3-7-14(8-4-11)19-16-12(2)17(20-15-9-10-15)22-18(21-16)13-5-6-13/h11,13-15H,3-10H2,1-2H3,(H2,19,20,21,22). The molecule has 4 nitrogen and oxygen atoms in total. The molecule has 120 valence electrons. The molecule has 1 aromatic rings. The molecule has 3 aliphatic carbocycles. The van der Waals surface area contributed by atoms with Crippen LogP contribution in [0.15, 0.2) is 0 Å². The Balaban J connectivity index is 1.54. The van der Waals surface area contributed by atoms with E-state index in [2.05, 4.69) is 24.5 Å². The monoisotopic (exact) mass is 300 g/mol. The molecule has 0 atom stereocenters. The topological polar surface area (TPSA) is 49.8 Å². The second-order valence-electron chi connectivity index (χ2n) is 7.70. The fourth-order valence-corrected chi connectivity index (χ4v) is 3.36. The van der Waals surface area contributed by atoms with Crippen molar-refractivity contribution in [3.8, 4) is 0 Å². The lowest BCUT2D eigenvalue weighted by atomic mass is 9.87. The smallest absolute Gasteiger partial charge is 0.136 e. The second kappa shape index (κ2) is 5.71. The molecule has 1 heterocycles. The maximum Gasteiger partial charge on any atom is 0.136 e. The van der Waals surface area contributed by atoms with Gasteiger partial charge in [-0.2, -0.15) is 0 Å². The number of anilines is 2. The van der Waals surface area contributed by atoms with E-state index in [0.717, 1.165) is 23.4 Å². The summed E-state index contributed by atoms with van der Waals surface area (Å²) >= 11 is 0. The molecule has 0 saturated heterocycles. The van der Waals surface area contributed by atoms with Crippen LogP contribution < -0.4 is 10.6 Å². The second-order valence-corrected chi connectivity index (χ2v) is 7.70. The van der Waals surface area contributed by atoms with Gasteiger partial charge in [0, 0.05) is 23.6 Å². The lowest BCUT2D eigenvalue weighted by molar-refractivity contribution is 0.360. The Morgan fingerprint density at radius 1 is 0.773 bits per heavy atom. The fraction of sp³-hybridized carbons (Fsp3) is 0.778. The minimum absolute atomic E-state index is 0.589. The third-order valence-corrected chi connectivity index (χ3v) is 5.38. The highest BCUT2D eigenvalue weighted by Crippen LogP contribution is 2.40. The molecule has 0 unspecified atom stereocenters. The summed E-state index contributed by atoms with van der Waals surface area (Å²) in [5.74, 6) is 4.71. The van der Waals surface area contributed by atoms with Crippen LogP contribution in [0.2, 0.25) is 0 Å². The first kappa shape index (κ1) is 14.3. The van der Waals surface area contributed by atoms with Gasteiger partial charge in [-0.1, -0.05) is 6.92 Å². The van der Waals surface area contributed by atoms with Gasteiger partial charge in [0.05, 0.1) is 0 Å². The quantitative estimate of drug-likeness (QED) is 0.854. The van der Waals surface area contributed by atoms with Crippen molar-refractivity contribution in [2.75, 3.05) is 10.6 Å². The molecule has 0 aliphatic heterocycles. The maximum absolute atomic E-state index is 4.87.